The van der Waals surface area contributed by atoms with E-state index in [0.29, 0.717) is 12.3 Å². The molecule has 0 radical (unpaired) electrons. The summed E-state index contributed by atoms with van der Waals surface area (Å²) < 4.78 is 5.00. The van der Waals surface area contributed by atoms with Crippen LogP contribution in [0, 0.1) is 11.8 Å². The van der Waals surface area contributed by atoms with Crippen LogP contribution >= 0.6 is 0 Å². The number of carbonyl (C=O) groups is 1. The first-order valence-corrected chi connectivity index (χ1v) is 11.1. The zero-order valence-electron chi connectivity index (χ0n) is 18.0. The third-order valence-electron chi connectivity index (χ3n) is 5.58. The monoisotopic (exact) mass is 412 g/mol. The number of allylic oxidation sites excluding steroid dienone is 4. The quantitative estimate of drug-likeness (QED) is 0.185. The molecule has 0 aromatic carbocycles. The molecule has 4 N–H and O–H groups in total. The van der Waals surface area contributed by atoms with E-state index in [4.69, 9.17) is 4.74 Å². The molecule has 0 aromatic rings. The lowest BCUT2D eigenvalue weighted by atomic mass is 9.88. The summed E-state index contributed by atoms with van der Waals surface area (Å²) in [6.07, 6.45) is 15.8. The molecule has 2 unspecified atom stereocenters. The smallest absolute Gasteiger partial charge is 0.364 e. The number of aliphatic hydroxyl groups excluding tert-OH is 2. The highest BCUT2D eigenvalue weighted by molar-refractivity contribution is 5.75. The number of carboxylic acids is 1. The number of carboxylic acid groups (broad SMARTS) is 1. The van der Waals surface area contributed by atoms with Crippen molar-refractivity contribution in [3.05, 3.63) is 24.3 Å². The maximum absolute atomic E-state index is 11.3. The Kier molecular flexibility index (Phi) is 12.4. The van der Waals surface area contributed by atoms with E-state index in [0.717, 1.165) is 51.4 Å². The Bertz CT molecular complexity index is 515. The number of aliphatic carboxylic acids is 1. The second kappa shape index (κ2) is 13.9. The second-order valence-electron chi connectivity index (χ2n) is 8.21. The van der Waals surface area contributed by atoms with Gasteiger partial charge in [0, 0.05) is 6.42 Å². The zero-order valence-corrected chi connectivity index (χ0v) is 18.0. The van der Waals surface area contributed by atoms with Gasteiger partial charge in [0.05, 0.1) is 18.8 Å². The van der Waals surface area contributed by atoms with Crippen molar-refractivity contribution in [3.63, 3.8) is 0 Å². The molecule has 1 rings (SSSR count). The van der Waals surface area contributed by atoms with Crippen LogP contribution in [0.4, 0.5) is 0 Å². The van der Waals surface area contributed by atoms with Gasteiger partial charge in [-0.3, -0.25) is 0 Å². The fourth-order valence-corrected chi connectivity index (χ4v) is 3.89. The number of unbranched alkanes of at least 4 members (excludes halogenated alkanes) is 3. The molecule has 0 amide bonds. The van der Waals surface area contributed by atoms with Gasteiger partial charge in [0.15, 0.2) is 0 Å². The lowest BCUT2D eigenvalue weighted by molar-refractivity contribution is -0.232. The summed E-state index contributed by atoms with van der Waals surface area (Å²) in [7, 11) is 0. The molecule has 29 heavy (non-hydrogen) atoms. The van der Waals surface area contributed by atoms with Crippen molar-refractivity contribution in [2.24, 2.45) is 11.8 Å². The number of ether oxygens (including phenoxy) is 1. The van der Waals surface area contributed by atoms with Gasteiger partial charge in [-0.2, -0.15) is 0 Å². The molecule has 168 valence electrons. The van der Waals surface area contributed by atoms with E-state index >= 15 is 0 Å². The van der Waals surface area contributed by atoms with Gasteiger partial charge in [-0.05, 0) is 63.7 Å². The highest BCUT2D eigenvalue weighted by Gasteiger charge is 2.37. The van der Waals surface area contributed by atoms with Crippen molar-refractivity contribution in [3.8, 4) is 0 Å². The molecule has 1 fully saturated rings. The fourth-order valence-electron chi connectivity index (χ4n) is 3.89. The maximum atomic E-state index is 11.3. The molecule has 1 saturated carbocycles. The summed E-state index contributed by atoms with van der Waals surface area (Å²) in [5.74, 6) is -3.02. The molecule has 6 nitrogen and oxygen atoms in total. The maximum Gasteiger partial charge on any atom is 0.364 e. The Labute approximate surface area is 175 Å². The van der Waals surface area contributed by atoms with Gasteiger partial charge in [-0.1, -0.05) is 44.1 Å². The van der Waals surface area contributed by atoms with Gasteiger partial charge in [-0.25, -0.2) is 4.79 Å². The molecule has 0 spiro atoms. The van der Waals surface area contributed by atoms with Gasteiger partial charge >= 0.3 is 5.97 Å². The predicted molar refractivity (Wildman–Crippen MR) is 113 cm³/mol. The molecule has 5 atom stereocenters. The van der Waals surface area contributed by atoms with Crippen LogP contribution in [-0.2, 0) is 9.53 Å². The molecule has 0 aromatic heterocycles. The molecule has 6 heteroatoms. The van der Waals surface area contributed by atoms with Gasteiger partial charge in [0.2, 0.25) is 0 Å². The molecule has 0 saturated heterocycles. The van der Waals surface area contributed by atoms with Crippen molar-refractivity contribution in [2.45, 2.75) is 96.1 Å². The second-order valence-corrected chi connectivity index (χ2v) is 8.21. The summed E-state index contributed by atoms with van der Waals surface area (Å²) >= 11 is 0. The van der Waals surface area contributed by atoms with Crippen LogP contribution in [0.15, 0.2) is 24.3 Å². The van der Waals surface area contributed by atoms with Gasteiger partial charge in [0.25, 0.3) is 5.79 Å². The summed E-state index contributed by atoms with van der Waals surface area (Å²) in [5.41, 5.74) is 0. The minimum absolute atomic E-state index is 0.0170. The SMILES string of the molecule is CCC=CCCC=C[C@H]1CC[C@H](O)[C@@H]1CCCCCC(O)(OCC(C)O)C(=O)O. The first-order valence-electron chi connectivity index (χ1n) is 11.1. The summed E-state index contributed by atoms with van der Waals surface area (Å²) in [4.78, 5) is 11.3. The standard InChI is InChI=1S/C23H40O6/c1-3-4-5-6-7-9-12-19-14-15-21(25)20(19)13-10-8-11-16-23(28,22(26)27)29-17-18(2)24/h4-5,9,12,18-21,24-25,28H,3,6-8,10-11,13-17H2,1-2H3,(H,26,27)/t18?,19-,20+,21-,23?/m0/s1. The average Bonchev–Trinajstić information content (AvgIpc) is 3.02. The fraction of sp³-hybridized carbons (Fsp3) is 0.783. The summed E-state index contributed by atoms with van der Waals surface area (Å²) in [5, 5.41) is 38.9. The topological polar surface area (TPSA) is 107 Å². The Hall–Kier alpha value is -1.21. The molecular formula is C23H40O6. The third kappa shape index (κ3) is 9.90. The van der Waals surface area contributed by atoms with Gasteiger partial charge < -0.3 is 25.2 Å². The van der Waals surface area contributed by atoms with Crippen LogP contribution in [-0.4, -0.2) is 51.0 Å². The molecule has 0 aliphatic heterocycles. The number of hydrogen-bond acceptors (Lipinski definition) is 5. The predicted octanol–water partition coefficient (Wildman–Crippen LogP) is 3.80. The first-order chi connectivity index (χ1) is 13.8. The van der Waals surface area contributed by atoms with Crippen molar-refractivity contribution in [1.29, 1.82) is 0 Å². The number of rotatable bonds is 15. The highest BCUT2D eigenvalue weighted by atomic mass is 16.6. The van der Waals surface area contributed by atoms with Gasteiger partial charge in [0.1, 0.15) is 0 Å². The third-order valence-corrected chi connectivity index (χ3v) is 5.58. The minimum atomic E-state index is -2.25. The molecular weight excluding hydrogens is 372 g/mol. The van der Waals surface area contributed by atoms with Crippen molar-refractivity contribution in [2.75, 3.05) is 6.61 Å². The average molecular weight is 413 g/mol. The first kappa shape index (κ1) is 25.8. The minimum Gasteiger partial charge on any atom is -0.477 e. The van der Waals surface area contributed by atoms with Crippen LogP contribution in [0.2, 0.25) is 0 Å². The van der Waals surface area contributed by atoms with E-state index in [1.165, 1.54) is 6.92 Å². The van der Waals surface area contributed by atoms with Crippen molar-refractivity contribution in [1.82, 2.24) is 0 Å². The largest absolute Gasteiger partial charge is 0.477 e. The van der Waals surface area contributed by atoms with Gasteiger partial charge in [-0.15, -0.1) is 0 Å². The van der Waals surface area contributed by atoms with E-state index in [2.05, 4.69) is 31.2 Å². The van der Waals surface area contributed by atoms with Crippen molar-refractivity contribution < 1.29 is 30.0 Å². The zero-order chi connectivity index (χ0) is 21.7. The van der Waals surface area contributed by atoms with Crippen LogP contribution in [0.5, 0.6) is 0 Å². The van der Waals surface area contributed by atoms with Crippen LogP contribution in [0.3, 0.4) is 0 Å². The highest BCUT2D eigenvalue weighted by Crippen LogP contribution is 2.37. The lowest BCUT2D eigenvalue weighted by Gasteiger charge is -2.24. The summed E-state index contributed by atoms with van der Waals surface area (Å²) in [6, 6.07) is 0. The van der Waals surface area contributed by atoms with Crippen LogP contribution in [0.1, 0.15) is 78.1 Å². The molecule has 1 aliphatic rings. The van der Waals surface area contributed by atoms with E-state index in [1.807, 2.05) is 0 Å². The Morgan fingerprint density at radius 1 is 1.17 bits per heavy atom. The van der Waals surface area contributed by atoms with E-state index in [9.17, 15) is 25.2 Å². The normalized spacial score (nSPS) is 25.6. The summed E-state index contributed by atoms with van der Waals surface area (Å²) in [6.45, 7) is 3.38. The van der Waals surface area contributed by atoms with E-state index in [-0.39, 0.29) is 25.0 Å². The van der Waals surface area contributed by atoms with E-state index < -0.39 is 17.9 Å². The van der Waals surface area contributed by atoms with E-state index in [1.54, 1.807) is 0 Å². The van der Waals surface area contributed by atoms with Crippen LogP contribution < -0.4 is 0 Å². The molecule has 0 bridgehead atoms. The Morgan fingerprint density at radius 3 is 2.55 bits per heavy atom. The number of hydrogen-bond donors (Lipinski definition) is 4. The lowest BCUT2D eigenvalue weighted by Crippen LogP contribution is -2.43. The van der Waals surface area contributed by atoms with Crippen molar-refractivity contribution >= 4 is 5.97 Å². The van der Waals surface area contributed by atoms with Crippen LogP contribution in [0.25, 0.3) is 0 Å². The Morgan fingerprint density at radius 2 is 1.90 bits per heavy atom. The number of aliphatic hydroxyl groups is 3. The molecule has 0 heterocycles. The molecule has 1 aliphatic carbocycles. The Balaban J connectivity index is 2.35.